The summed E-state index contributed by atoms with van der Waals surface area (Å²) >= 11 is 0. The van der Waals surface area contributed by atoms with Crippen molar-refractivity contribution in [3.05, 3.63) is 72.3 Å². The van der Waals surface area contributed by atoms with E-state index in [9.17, 15) is 13.6 Å². The fourth-order valence-electron chi connectivity index (χ4n) is 2.28. The van der Waals surface area contributed by atoms with Crippen molar-refractivity contribution in [3.8, 4) is 0 Å². The summed E-state index contributed by atoms with van der Waals surface area (Å²) in [5.41, 5.74) is 3.63. The van der Waals surface area contributed by atoms with E-state index in [1.54, 1.807) is 4.57 Å². The fraction of sp³-hybridized carbons (Fsp3) is 0.118. The number of carbonyl (C=O) groups excluding carboxylic acids is 1. The van der Waals surface area contributed by atoms with Crippen molar-refractivity contribution >= 4 is 16.9 Å². The third kappa shape index (κ3) is 3.53. The number of fused-ring (bicyclic) bond motifs is 1. The molecule has 1 aromatic carbocycles. The van der Waals surface area contributed by atoms with Crippen LogP contribution in [0.3, 0.4) is 0 Å². The quantitative estimate of drug-likeness (QED) is 0.424. The maximum atomic E-state index is 13.8. The highest BCUT2D eigenvalue weighted by Gasteiger charge is 2.13. The topological polar surface area (TPSA) is 69.0 Å². The molecule has 25 heavy (non-hydrogen) atoms. The molecule has 0 bridgehead atoms. The molecule has 0 saturated carbocycles. The second-order valence-corrected chi connectivity index (χ2v) is 5.17. The lowest BCUT2D eigenvalue weighted by molar-refractivity contribution is 0.0417. The van der Waals surface area contributed by atoms with Gasteiger partial charge in [0.15, 0.2) is 11.6 Å². The van der Waals surface area contributed by atoms with Gasteiger partial charge >= 0.3 is 0 Å². The molecule has 128 valence electrons. The number of halogens is 2. The number of rotatable bonds is 6. The van der Waals surface area contributed by atoms with E-state index in [2.05, 4.69) is 22.0 Å². The van der Waals surface area contributed by atoms with Crippen LogP contribution in [0.5, 0.6) is 0 Å². The second kappa shape index (κ2) is 7.18. The van der Waals surface area contributed by atoms with Gasteiger partial charge in [-0.25, -0.2) is 24.2 Å². The lowest BCUT2D eigenvalue weighted by Crippen LogP contribution is -2.24. The van der Waals surface area contributed by atoms with Gasteiger partial charge in [-0.2, -0.15) is 0 Å². The Morgan fingerprint density at radius 2 is 2.20 bits per heavy atom. The lowest BCUT2D eigenvalue weighted by Gasteiger charge is -2.07. The molecule has 0 aliphatic rings. The Balaban J connectivity index is 1.84. The van der Waals surface area contributed by atoms with Gasteiger partial charge in [0.25, 0.3) is 5.91 Å². The van der Waals surface area contributed by atoms with Crippen LogP contribution in [0.2, 0.25) is 0 Å². The lowest BCUT2D eigenvalue weighted by atomic mass is 10.2. The fourth-order valence-corrected chi connectivity index (χ4v) is 2.28. The number of imidazole rings is 1. The number of pyridine rings is 1. The van der Waals surface area contributed by atoms with Crippen molar-refractivity contribution in [1.29, 1.82) is 0 Å². The number of carbonyl (C=O) groups is 1. The summed E-state index contributed by atoms with van der Waals surface area (Å²) in [6.07, 6.45) is 4.42. The van der Waals surface area contributed by atoms with E-state index in [-0.39, 0.29) is 24.4 Å². The van der Waals surface area contributed by atoms with Crippen LogP contribution in [-0.2, 0) is 11.4 Å². The number of hydroxylamine groups is 1. The van der Waals surface area contributed by atoms with Gasteiger partial charge in [0.05, 0.1) is 36.7 Å². The second-order valence-electron chi connectivity index (χ2n) is 5.17. The minimum absolute atomic E-state index is 0.0930. The van der Waals surface area contributed by atoms with Crippen molar-refractivity contribution in [3.63, 3.8) is 0 Å². The number of benzene rings is 1. The van der Waals surface area contributed by atoms with Crippen molar-refractivity contribution in [1.82, 2.24) is 20.0 Å². The summed E-state index contributed by atoms with van der Waals surface area (Å²) in [5.74, 6) is -2.32. The van der Waals surface area contributed by atoms with Gasteiger partial charge in [0, 0.05) is 5.56 Å². The van der Waals surface area contributed by atoms with Crippen LogP contribution in [0.25, 0.3) is 11.0 Å². The summed E-state index contributed by atoms with van der Waals surface area (Å²) in [6.45, 7) is 3.73. The Kier molecular flexibility index (Phi) is 4.80. The molecule has 8 heteroatoms. The smallest absolute Gasteiger partial charge is 0.293 e. The van der Waals surface area contributed by atoms with Gasteiger partial charge in [0.2, 0.25) is 0 Å². The first-order chi connectivity index (χ1) is 12.1. The van der Waals surface area contributed by atoms with E-state index in [0.29, 0.717) is 11.0 Å². The van der Waals surface area contributed by atoms with Crippen molar-refractivity contribution in [2.75, 3.05) is 6.61 Å². The molecule has 0 fully saturated rings. The van der Waals surface area contributed by atoms with Crippen LogP contribution >= 0.6 is 0 Å². The van der Waals surface area contributed by atoms with Crippen molar-refractivity contribution < 1.29 is 18.4 Å². The minimum atomic E-state index is -0.904. The molecule has 0 unspecified atom stereocenters. The van der Waals surface area contributed by atoms with Gasteiger partial charge < -0.3 is 4.57 Å². The van der Waals surface area contributed by atoms with Crippen LogP contribution in [0.4, 0.5) is 8.78 Å². The maximum absolute atomic E-state index is 13.8. The summed E-state index contributed by atoms with van der Waals surface area (Å²) in [5, 5.41) is 0. The predicted molar refractivity (Wildman–Crippen MR) is 86.6 cm³/mol. The average molecular weight is 344 g/mol. The van der Waals surface area contributed by atoms with Crippen molar-refractivity contribution in [2.24, 2.45) is 0 Å². The summed E-state index contributed by atoms with van der Waals surface area (Å²) in [7, 11) is 0. The van der Waals surface area contributed by atoms with Gasteiger partial charge in [-0.15, -0.1) is 6.58 Å². The third-order valence-electron chi connectivity index (χ3n) is 3.48. The Hall–Kier alpha value is -3.13. The first kappa shape index (κ1) is 16.7. The van der Waals surface area contributed by atoms with Crippen molar-refractivity contribution in [2.45, 2.75) is 6.54 Å². The van der Waals surface area contributed by atoms with E-state index < -0.39 is 17.5 Å². The Bertz CT molecular complexity index is 940. The first-order valence-corrected chi connectivity index (χ1v) is 7.37. The van der Waals surface area contributed by atoms with Crippen LogP contribution in [-0.4, -0.2) is 27.0 Å². The zero-order valence-corrected chi connectivity index (χ0v) is 13.1. The largest absolute Gasteiger partial charge is 0.325 e. The van der Waals surface area contributed by atoms with Crippen LogP contribution in [0.15, 0.2) is 49.4 Å². The van der Waals surface area contributed by atoms with E-state index in [1.165, 1.54) is 36.8 Å². The summed E-state index contributed by atoms with van der Waals surface area (Å²) < 4.78 is 28.8. The monoisotopic (exact) mass is 344 g/mol. The van der Waals surface area contributed by atoms with E-state index >= 15 is 0 Å². The number of amides is 1. The zero-order valence-electron chi connectivity index (χ0n) is 13.1. The Labute approximate surface area is 141 Å². The average Bonchev–Trinajstić information content (AvgIpc) is 3.01. The van der Waals surface area contributed by atoms with Gasteiger partial charge in [0.1, 0.15) is 5.69 Å². The minimum Gasteiger partial charge on any atom is -0.325 e. The highest BCUT2D eigenvalue weighted by atomic mass is 19.2. The van der Waals surface area contributed by atoms with Crippen LogP contribution in [0.1, 0.15) is 16.1 Å². The van der Waals surface area contributed by atoms with Gasteiger partial charge in [-0.1, -0.05) is 18.2 Å². The standard InChI is InChI=1S/C17H14F2N4O2/c1-2-6-25-22-17(24)14-7-13-15(8-20-14)23(10-21-13)9-11-4-3-5-12(18)16(11)19/h2-5,7-8,10H,1,6,9H2,(H,22,24). The maximum Gasteiger partial charge on any atom is 0.293 e. The highest BCUT2D eigenvalue weighted by molar-refractivity contribution is 5.94. The number of nitrogens with one attached hydrogen (secondary N) is 1. The number of hydrogen-bond donors (Lipinski definition) is 1. The Morgan fingerprint density at radius 3 is 3.00 bits per heavy atom. The molecule has 3 aromatic rings. The van der Waals surface area contributed by atoms with E-state index in [4.69, 9.17) is 4.84 Å². The summed E-state index contributed by atoms with van der Waals surface area (Å²) in [4.78, 5) is 25.0. The van der Waals surface area contributed by atoms with Crippen LogP contribution in [0, 0.1) is 11.6 Å². The molecule has 3 rings (SSSR count). The molecule has 1 N–H and O–H groups in total. The molecule has 0 radical (unpaired) electrons. The first-order valence-electron chi connectivity index (χ1n) is 7.37. The SMILES string of the molecule is C=CCONC(=O)c1cc2ncn(Cc3cccc(F)c3F)c2cn1. The van der Waals surface area contributed by atoms with E-state index in [0.717, 1.165) is 6.07 Å². The zero-order chi connectivity index (χ0) is 17.8. The van der Waals surface area contributed by atoms with Crippen LogP contribution < -0.4 is 5.48 Å². The molecular weight excluding hydrogens is 330 g/mol. The van der Waals surface area contributed by atoms with E-state index in [1.807, 2.05) is 0 Å². The molecule has 2 heterocycles. The molecule has 0 aliphatic carbocycles. The molecule has 0 saturated heterocycles. The van der Waals surface area contributed by atoms with Gasteiger partial charge in [-0.3, -0.25) is 9.63 Å². The Morgan fingerprint density at radius 1 is 1.36 bits per heavy atom. The van der Waals surface area contributed by atoms with Gasteiger partial charge in [-0.05, 0) is 12.1 Å². The molecule has 0 aliphatic heterocycles. The molecule has 1 amide bonds. The number of aromatic nitrogens is 3. The number of nitrogens with zero attached hydrogens (tertiary/aromatic N) is 3. The molecule has 2 aromatic heterocycles. The molecule has 6 nitrogen and oxygen atoms in total. The normalized spacial score (nSPS) is 10.8. The highest BCUT2D eigenvalue weighted by Crippen LogP contribution is 2.17. The molecular formula is C17H14F2N4O2. The summed E-state index contributed by atoms with van der Waals surface area (Å²) in [6, 6.07) is 5.49. The number of hydrogen-bond acceptors (Lipinski definition) is 4. The predicted octanol–water partition coefficient (Wildman–Crippen LogP) is 2.61. The molecule has 0 atom stereocenters. The third-order valence-corrected chi connectivity index (χ3v) is 3.48. The molecule has 0 spiro atoms.